The lowest BCUT2D eigenvalue weighted by atomic mass is 9.86. The summed E-state index contributed by atoms with van der Waals surface area (Å²) in [6.45, 7) is 3.11. The standard InChI is InChI=1S/C24H27N3O3/c25-26-18(12-15-27-13-6-7-14-27)16-20(17-8-2-1-3-9-17)22-23(28)19-10-4-5-11-21(19)30-24(22)29/h1-5,8-11,20,28H,6-7,12-16,25H2/b26-18+/t20-/m1/s1. The van der Waals surface area contributed by atoms with Crippen LogP contribution in [0.25, 0.3) is 11.0 Å². The van der Waals surface area contributed by atoms with Crippen molar-refractivity contribution in [3.63, 3.8) is 0 Å². The van der Waals surface area contributed by atoms with Crippen LogP contribution < -0.4 is 11.5 Å². The van der Waals surface area contributed by atoms with E-state index in [-0.39, 0.29) is 11.3 Å². The van der Waals surface area contributed by atoms with E-state index in [1.165, 1.54) is 12.8 Å². The van der Waals surface area contributed by atoms with Gasteiger partial charge >= 0.3 is 5.63 Å². The van der Waals surface area contributed by atoms with Gasteiger partial charge in [-0.3, -0.25) is 0 Å². The molecule has 3 aromatic rings. The summed E-state index contributed by atoms with van der Waals surface area (Å²) in [5.74, 6) is 5.30. The fraction of sp³-hybridized carbons (Fsp3) is 0.333. The Labute approximate surface area is 175 Å². The maximum atomic E-state index is 12.9. The highest BCUT2D eigenvalue weighted by Crippen LogP contribution is 2.36. The quantitative estimate of drug-likeness (QED) is 0.270. The number of aromatic hydroxyl groups is 1. The summed E-state index contributed by atoms with van der Waals surface area (Å²) in [6, 6.07) is 16.7. The van der Waals surface area contributed by atoms with Gasteiger partial charge in [0.2, 0.25) is 0 Å². The van der Waals surface area contributed by atoms with Gasteiger partial charge in [-0.25, -0.2) is 4.79 Å². The molecule has 3 N–H and O–H groups in total. The first-order chi connectivity index (χ1) is 14.7. The van der Waals surface area contributed by atoms with E-state index in [0.29, 0.717) is 17.4 Å². The average molecular weight is 405 g/mol. The van der Waals surface area contributed by atoms with Gasteiger partial charge in [-0.2, -0.15) is 5.10 Å². The summed E-state index contributed by atoms with van der Waals surface area (Å²) in [5, 5.41) is 15.6. The first kappa shape index (κ1) is 20.2. The minimum atomic E-state index is -0.532. The first-order valence-corrected chi connectivity index (χ1v) is 10.4. The molecule has 0 spiro atoms. The molecule has 1 saturated heterocycles. The van der Waals surface area contributed by atoms with E-state index in [0.717, 1.165) is 37.3 Å². The molecule has 1 atom stereocenters. The summed E-state index contributed by atoms with van der Waals surface area (Å²) in [5.41, 5.74) is 1.83. The SMILES string of the molecule is N/N=C(\CCN1CCCC1)C[C@H](c1ccccc1)c1c(O)c2ccccc2oc1=O. The van der Waals surface area contributed by atoms with E-state index < -0.39 is 11.5 Å². The Kier molecular flexibility index (Phi) is 6.14. The number of nitrogens with zero attached hydrogens (tertiary/aromatic N) is 2. The van der Waals surface area contributed by atoms with Crippen LogP contribution in [0.5, 0.6) is 5.75 Å². The highest BCUT2D eigenvalue weighted by molar-refractivity contribution is 5.87. The predicted octanol–water partition coefficient (Wildman–Crippen LogP) is 3.82. The van der Waals surface area contributed by atoms with E-state index in [2.05, 4.69) is 10.0 Å². The van der Waals surface area contributed by atoms with Crippen molar-refractivity contribution in [1.29, 1.82) is 0 Å². The molecule has 0 radical (unpaired) electrons. The van der Waals surface area contributed by atoms with E-state index >= 15 is 0 Å². The summed E-state index contributed by atoms with van der Waals surface area (Å²) < 4.78 is 5.54. The van der Waals surface area contributed by atoms with E-state index in [1.54, 1.807) is 18.2 Å². The molecule has 1 aromatic heterocycles. The molecule has 1 aliphatic rings. The molecule has 0 amide bonds. The zero-order chi connectivity index (χ0) is 20.9. The molecule has 6 nitrogen and oxygen atoms in total. The third-order valence-electron chi connectivity index (χ3n) is 5.91. The van der Waals surface area contributed by atoms with Crippen LogP contribution in [-0.2, 0) is 0 Å². The number of hydrazone groups is 1. The Balaban J connectivity index is 1.70. The number of hydrogen-bond donors (Lipinski definition) is 2. The Hall–Kier alpha value is -3.12. The van der Waals surface area contributed by atoms with Gasteiger partial charge in [0, 0.05) is 24.6 Å². The molecule has 2 aromatic carbocycles. The van der Waals surface area contributed by atoms with Crippen LogP contribution >= 0.6 is 0 Å². The van der Waals surface area contributed by atoms with Crippen LogP contribution in [-0.4, -0.2) is 35.4 Å². The second kappa shape index (κ2) is 9.13. The maximum Gasteiger partial charge on any atom is 0.343 e. The minimum absolute atomic E-state index is 0.0355. The Bertz CT molecular complexity index is 1090. The summed E-state index contributed by atoms with van der Waals surface area (Å²) in [6.07, 6.45) is 3.64. The number of fused-ring (bicyclic) bond motifs is 1. The normalized spacial score (nSPS) is 16.2. The van der Waals surface area contributed by atoms with Crippen LogP contribution in [0.3, 0.4) is 0 Å². The van der Waals surface area contributed by atoms with Crippen LogP contribution in [0.1, 0.15) is 42.7 Å². The zero-order valence-electron chi connectivity index (χ0n) is 17.0. The lowest BCUT2D eigenvalue weighted by Gasteiger charge is -2.21. The second-order valence-corrected chi connectivity index (χ2v) is 7.81. The molecule has 1 aliphatic heterocycles. The fourth-order valence-electron chi connectivity index (χ4n) is 4.28. The fourth-order valence-corrected chi connectivity index (χ4v) is 4.28. The minimum Gasteiger partial charge on any atom is -0.507 e. The van der Waals surface area contributed by atoms with E-state index in [1.807, 2.05) is 36.4 Å². The first-order valence-electron chi connectivity index (χ1n) is 10.4. The molecule has 1 fully saturated rings. The van der Waals surface area contributed by atoms with Crippen LogP contribution in [0.2, 0.25) is 0 Å². The molecule has 6 heteroatoms. The Morgan fingerprint density at radius 1 is 1.10 bits per heavy atom. The van der Waals surface area contributed by atoms with Gasteiger partial charge in [-0.1, -0.05) is 42.5 Å². The van der Waals surface area contributed by atoms with Crippen molar-refractivity contribution in [2.45, 2.75) is 31.6 Å². The molecular weight excluding hydrogens is 378 g/mol. The predicted molar refractivity (Wildman–Crippen MR) is 119 cm³/mol. The lowest BCUT2D eigenvalue weighted by Crippen LogP contribution is -2.24. The van der Waals surface area contributed by atoms with Crippen molar-refractivity contribution < 1.29 is 9.52 Å². The van der Waals surface area contributed by atoms with E-state index in [9.17, 15) is 9.90 Å². The highest BCUT2D eigenvalue weighted by atomic mass is 16.4. The molecular formula is C24H27N3O3. The Morgan fingerprint density at radius 3 is 2.53 bits per heavy atom. The van der Waals surface area contributed by atoms with Crippen molar-refractivity contribution >= 4 is 16.7 Å². The molecule has 0 unspecified atom stereocenters. The van der Waals surface area contributed by atoms with Gasteiger partial charge in [-0.15, -0.1) is 0 Å². The lowest BCUT2D eigenvalue weighted by molar-refractivity contribution is 0.349. The maximum absolute atomic E-state index is 12.9. The van der Waals surface area contributed by atoms with Gasteiger partial charge in [-0.05, 0) is 50.0 Å². The zero-order valence-corrected chi connectivity index (χ0v) is 17.0. The monoisotopic (exact) mass is 405 g/mol. The van der Waals surface area contributed by atoms with Crippen molar-refractivity contribution in [2.24, 2.45) is 10.9 Å². The summed E-state index contributed by atoms with van der Waals surface area (Å²) in [7, 11) is 0. The van der Waals surface area contributed by atoms with Gasteiger partial charge in [0.15, 0.2) is 0 Å². The molecule has 2 heterocycles. The average Bonchev–Trinajstić information content (AvgIpc) is 3.29. The van der Waals surface area contributed by atoms with Crippen molar-refractivity contribution in [2.75, 3.05) is 19.6 Å². The van der Waals surface area contributed by atoms with Crippen molar-refractivity contribution in [3.05, 3.63) is 76.1 Å². The van der Waals surface area contributed by atoms with Gasteiger partial charge in [0.25, 0.3) is 0 Å². The second-order valence-electron chi connectivity index (χ2n) is 7.81. The number of para-hydroxylation sites is 1. The third kappa shape index (κ3) is 4.24. The van der Waals surface area contributed by atoms with Crippen LogP contribution in [0.15, 0.2) is 68.9 Å². The third-order valence-corrected chi connectivity index (χ3v) is 5.91. The highest BCUT2D eigenvalue weighted by Gasteiger charge is 2.26. The largest absolute Gasteiger partial charge is 0.507 e. The number of rotatable bonds is 7. The van der Waals surface area contributed by atoms with Gasteiger partial charge in [0.05, 0.1) is 10.9 Å². The van der Waals surface area contributed by atoms with Crippen molar-refractivity contribution in [3.8, 4) is 5.75 Å². The number of likely N-dealkylation sites (tertiary alicyclic amines) is 1. The van der Waals surface area contributed by atoms with Crippen LogP contribution in [0.4, 0.5) is 0 Å². The summed E-state index contributed by atoms with van der Waals surface area (Å²) in [4.78, 5) is 15.3. The smallest absolute Gasteiger partial charge is 0.343 e. The van der Waals surface area contributed by atoms with Crippen molar-refractivity contribution in [1.82, 2.24) is 4.90 Å². The number of hydrogen-bond acceptors (Lipinski definition) is 6. The number of nitrogens with two attached hydrogens (primary N) is 1. The molecule has 30 heavy (non-hydrogen) atoms. The molecule has 0 aliphatic carbocycles. The summed E-state index contributed by atoms with van der Waals surface area (Å²) >= 11 is 0. The van der Waals surface area contributed by atoms with Gasteiger partial charge < -0.3 is 20.3 Å². The van der Waals surface area contributed by atoms with Gasteiger partial charge in [0.1, 0.15) is 11.3 Å². The topological polar surface area (TPSA) is 92.1 Å². The molecule has 156 valence electrons. The van der Waals surface area contributed by atoms with Crippen LogP contribution in [0, 0.1) is 0 Å². The molecule has 0 saturated carbocycles. The Morgan fingerprint density at radius 2 is 1.80 bits per heavy atom. The van der Waals surface area contributed by atoms with E-state index in [4.69, 9.17) is 10.3 Å². The molecule has 4 rings (SSSR count). The molecule has 0 bridgehead atoms. The number of benzene rings is 2.